The molecule has 0 bridgehead atoms. The Morgan fingerprint density at radius 1 is 1.21 bits per heavy atom. The molecule has 1 aliphatic heterocycles. The monoisotopic (exact) mass is 235 g/mol. The van der Waals surface area contributed by atoms with E-state index in [0.717, 1.165) is 6.54 Å². The second-order valence-corrected chi connectivity index (χ2v) is 5.19. The van der Waals surface area contributed by atoms with Crippen molar-refractivity contribution in [3.63, 3.8) is 0 Å². The number of halogens is 2. The Morgan fingerprint density at radius 3 is 2.57 bits per heavy atom. The normalized spacial score (nSPS) is 25.4. The van der Waals surface area contributed by atoms with Crippen LogP contribution in [-0.2, 0) is 4.74 Å². The van der Waals surface area contributed by atoms with Gasteiger partial charge in [-0.1, -0.05) is 42.5 Å². The molecule has 80 valence electrons. The molecule has 0 N–H and O–H groups in total. The van der Waals surface area contributed by atoms with Crippen LogP contribution in [0.2, 0.25) is 0 Å². The van der Waals surface area contributed by atoms with Gasteiger partial charge in [-0.25, -0.2) is 0 Å². The van der Waals surface area contributed by atoms with Crippen LogP contribution in [0.1, 0.15) is 32.1 Å². The summed E-state index contributed by atoms with van der Waals surface area (Å²) < 4.78 is 6.17. The topological polar surface area (TPSA) is 12.5 Å². The standard InChI is InChI=1S/C10H15Cl2NO/c11-9(12)6-13-7-10(14-8-13)4-2-1-3-5-10/h6H,1-5,7-8H2. The van der Waals surface area contributed by atoms with Crippen LogP contribution in [0.25, 0.3) is 0 Å². The third-order valence-electron chi connectivity index (χ3n) is 3.07. The summed E-state index contributed by atoms with van der Waals surface area (Å²) >= 11 is 11.2. The largest absolute Gasteiger partial charge is 0.353 e. The van der Waals surface area contributed by atoms with E-state index in [2.05, 4.69) is 4.90 Å². The zero-order valence-corrected chi connectivity index (χ0v) is 9.65. The average Bonchev–Trinajstić information content (AvgIpc) is 2.49. The summed E-state index contributed by atoms with van der Waals surface area (Å²) in [5.74, 6) is 0. The summed E-state index contributed by atoms with van der Waals surface area (Å²) in [4.78, 5) is 2.06. The molecule has 1 spiro atoms. The predicted molar refractivity (Wildman–Crippen MR) is 58.3 cm³/mol. The molecule has 0 amide bonds. The zero-order valence-electron chi connectivity index (χ0n) is 8.14. The lowest BCUT2D eigenvalue weighted by Crippen LogP contribution is -2.35. The van der Waals surface area contributed by atoms with Crippen LogP contribution in [0.3, 0.4) is 0 Å². The van der Waals surface area contributed by atoms with Crippen LogP contribution in [0.4, 0.5) is 0 Å². The van der Waals surface area contributed by atoms with Crippen LogP contribution in [0.5, 0.6) is 0 Å². The van der Waals surface area contributed by atoms with Gasteiger partial charge in [-0.05, 0) is 12.8 Å². The molecule has 1 aliphatic carbocycles. The molecule has 2 aliphatic rings. The SMILES string of the molecule is ClC(Cl)=CN1COC2(CCCCC2)C1. The first-order chi connectivity index (χ1) is 6.70. The van der Waals surface area contributed by atoms with Crippen molar-refractivity contribution in [1.82, 2.24) is 4.90 Å². The van der Waals surface area contributed by atoms with E-state index in [-0.39, 0.29) is 5.60 Å². The second kappa shape index (κ2) is 4.30. The summed E-state index contributed by atoms with van der Waals surface area (Å²) in [5, 5.41) is 0. The summed E-state index contributed by atoms with van der Waals surface area (Å²) in [6, 6.07) is 0. The molecule has 0 aromatic heterocycles. The number of hydrogen-bond acceptors (Lipinski definition) is 2. The molecule has 2 rings (SSSR count). The van der Waals surface area contributed by atoms with Crippen LogP contribution in [-0.4, -0.2) is 23.8 Å². The minimum atomic E-state index is 0.0952. The average molecular weight is 236 g/mol. The predicted octanol–water partition coefficient (Wildman–Crippen LogP) is 3.26. The Hall–Kier alpha value is 0.0800. The summed E-state index contributed by atoms with van der Waals surface area (Å²) in [7, 11) is 0. The highest BCUT2D eigenvalue weighted by Gasteiger charge is 2.39. The van der Waals surface area contributed by atoms with Crippen LogP contribution < -0.4 is 0 Å². The highest BCUT2D eigenvalue weighted by molar-refractivity contribution is 6.55. The van der Waals surface area contributed by atoms with E-state index >= 15 is 0 Å². The van der Waals surface area contributed by atoms with Crippen molar-refractivity contribution < 1.29 is 4.74 Å². The Balaban J connectivity index is 1.95. The van der Waals surface area contributed by atoms with E-state index in [1.807, 2.05) is 0 Å². The van der Waals surface area contributed by atoms with Gasteiger partial charge in [0.2, 0.25) is 0 Å². The van der Waals surface area contributed by atoms with Crippen molar-refractivity contribution in [2.75, 3.05) is 13.3 Å². The van der Waals surface area contributed by atoms with E-state index in [1.165, 1.54) is 32.1 Å². The van der Waals surface area contributed by atoms with Gasteiger partial charge >= 0.3 is 0 Å². The fourth-order valence-corrected chi connectivity index (χ4v) is 2.68. The van der Waals surface area contributed by atoms with Gasteiger partial charge in [0, 0.05) is 12.7 Å². The van der Waals surface area contributed by atoms with Gasteiger partial charge in [0.15, 0.2) is 0 Å². The Labute approximate surface area is 94.8 Å². The van der Waals surface area contributed by atoms with E-state index in [0.29, 0.717) is 11.2 Å². The van der Waals surface area contributed by atoms with E-state index in [9.17, 15) is 0 Å². The molecule has 2 fully saturated rings. The molecule has 1 saturated carbocycles. The molecule has 4 heteroatoms. The molecule has 0 atom stereocenters. The maximum atomic E-state index is 5.86. The minimum Gasteiger partial charge on any atom is -0.353 e. The molecule has 0 aromatic rings. The van der Waals surface area contributed by atoms with Crippen molar-refractivity contribution in [3.05, 3.63) is 10.7 Å². The van der Waals surface area contributed by atoms with Gasteiger partial charge in [-0.2, -0.15) is 0 Å². The highest BCUT2D eigenvalue weighted by atomic mass is 35.5. The number of hydrogen-bond donors (Lipinski definition) is 0. The Morgan fingerprint density at radius 2 is 1.93 bits per heavy atom. The molecule has 0 aromatic carbocycles. The van der Waals surface area contributed by atoms with Crippen molar-refractivity contribution in [1.29, 1.82) is 0 Å². The van der Waals surface area contributed by atoms with Crippen molar-refractivity contribution in [2.45, 2.75) is 37.7 Å². The molecule has 0 unspecified atom stereocenters. The van der Waals surface area contributed by atoms with Gasteiger partial charge in [0.25, 0.3) is 0 Å². The molecule has 14 heavy (non-hydrogen) atoms. The summed E-state index contributed by atoms with van der Waals surface area (Å²) in [5.41, 5.74) is 0.0952. The van der Waals surface area contributed by atoms with Crippen molar-refractivity contribution in [2.24, 2.45) is 0 Å². The molecule has 1 heterocycles. The quantitative estimate of drug-likeness (QED) is 0.692. The van der Waals surface area contributed by atoms with Gasteiger partial charge in [0.05, 0.1) is 5.60 Å². The van der Waals surface area contributed by atoms with Crippen LogP contribution in [0.15, 0.2) is 10.7 Å². The third kappa shape index (κ3) is 2.36. The van der Waals surface area contributed by atoms with Crippen LogP contribution >= 0.6 is 23.2 Å². The first-order valence-corrected chi connectivity index (χ1v) is 5.87. The fraction of sp³-hybridized carbons (Fsp3) is 0.800. The Bertz CT molecular complexity index is 232. The lowest BCUT2D eigenvalue weighted by Gasteiger charge is -2.31. The summed E-state index contributed by atoms with van der Waals surface area (Å²) in [6.45, 7) is 1.57. The third-order valence-corrected chi connectivity index (χ3v) is 3.27. The fourth-order valence-electron chi connectivity index (χ4n) is 2.40. The van der Waals surface area contributed by atoms with Gasteiger partial charge < -0.3 is 9.64 Å². The Kier molecular flexibility index (Phi) is 3.25. The van der Waals surface area contributed by atoms with E-state index in [1.54, 1.807) is 6.20 Å². The molecular weight excluding hydrogens is 221 g/mol. The first kappa shape index (κ1) is 10.6. The first-order valence-electron chi connectivity index (χ1n) is 5.11. The smallest absolute Gasteiger partial charge is 0.122 e. The van der Waals surface area contributed by atoms with Crippen molar-refractivity contribution >= 4 is 23.2 Å². The second-order valence-electron chi connectivity index (χ2n) is 4.18. The highest BCUT2D eigenvalue weighted by Crippen LogP contribution is 2.36. The molecule has 2 nitrogen and oxygen atoms in total. The lowest BCUT2D eigenvalue weighted by atomic mass is 9.85. The van der Waals surface area contributed by atoms with Gasteiger partial charge in [0.1, 0.15) is 11.2 Å². The summed E-state index contributed by atoms with van der Waals surface area (Å²) in [6.07, 6.45) is 8.02. The molecule has 1 saturated heterocycles. The van der Waals surface area contributed by atoms with Crippen molar-refractivity contribution in [3.8, 4) is 0 Å². The molecule has 0 radical (unpaired) electrons. The number of nitrogens with zero attached hydrogens (tertiary/aromatic N) is 1. The zero-order chi connectivity index (χ0) is 10.0. The maximum Gasteiger partial charge on any atom is 0.122 e. The molecular formula is C10H15Cl2NO. The van der Waals surface area contributed by atoms with Gasteiger partial charge in [-0.3, -0.25) is 0 Å². The maximum absolute atomic E-state index is 5.86. The number of rotatable bonds is 1. The lowest BCUT2D eigenvalue weighted by molar-refractivity contribution is -0.0199. The van der Waals surface area contributed by atoms with E-state index in [4.69, 9.17) is 27.9 Å². The number of ether oxygens (including phenoxy) is 1. The van der Waals surface area contributed by atoms with Crippen LogP contribution in [0, 0.1) is 0 Å². The minimum absolute atomic E-state index is 0.0952. The van der Waals surface area contributed by atoms with Gasteiger partial charge in [-0.15, -0.1) is 0 Å². The van der Waals surface area contributed by atoms with E-state index < -0.39 is 0 Å².